The van der Waals surface area contributed by atoms with Crippen molar-refractivity contribution < 1.29 is 4.79 Å². The van der Waals surface area contributed by atoms with Gasteiger partial charge < -0.3 is 9.80 Å². The third-order valence-corrected chi connectivity index (χ3v) is 8.66. The van der Waals surface area contributed by atoms with Crippen LogP contribution in [0.2, 0.25) is 5.02 Å². The lowest BCUT2D eigenvalue weighted by Crippen LogP contribution is -2.54. The van der Waals surface area contributed by atoms with Crippen LogP contribution in [0, 0.1) is 13.8 Å². The molecule has 0 radical (unpaired) electrons. The summed E-state index contributed by atoms with van der Waals surface area (Å²) >= 11 is 7.08. The summed E-state index contributed by atoms with van der Waals surface area (Å²) in [5, 5.41) is 1.11. The van der Waals surface area contributed by atoms with Gasteiger partial charge in [0.15, 0.2) is 5.65 Å². The van der Waals surface area contributed by atoms with E-state index in [4.69, 9.17) is 16.6 Å². The molecule has 43 heavy (non-hydrogen) atoms. The minimum Gasteiger partial charge on any atom is -0.350 e. The summed E-state index contributed by atoms with van der Waals surface area (Å²) in [6.45, 7) is 15.8. The van der Waals surface area contributed by atoms with Crippen LogP contribution in [0.25, 0.3) is 28.0 Å². The highest BCUT2D eigenvalue weighted by atomic mass is 35.5. The van der Waals surface area contributed by atoms with Crippen molar-refractivity contribution in [3.05, 3.63) is 86.6 Å². The normalized spacial score (nSPS) is 16.3. The minimum atomic E-state index is -0.449. The Kier molecular flexibility index (Phi) is 7.38. The van der Waals surface area contributed by atoms with Gasteiger partial charge in [0.1, 0.15) is 5.82 Å². The molecule has 3 aromatic heterocycles. The Labute approximate surface area is 255 Å². The summed E-state index contributed by atoms with van der Waals surface area (Å²) in [7, 11) is 0. The minimum absolute atomic E-state index is 0.0506. The number of aryl methyl sites for hydroxylation is 2. The number of fused-ring (bicyclic) bond motifs is 2. The monoisotopic (exact) mass is 595 g/mol. The van der Waals surface area contributed by atoms with Gasteiger partial charge in [0.25, 0.3) is 0 Å². The number of nitrogens with zero attached hydrogens (tertiary/aromatic N) is 7. The van der Waals surface area contributed by atoms with E-state index in [2.05, 4.69) is 52.4 Å². The van der Waals surface area contributed by atoms with Crippen LogP contribution in [-0.2, 0) is 11.3 Å². The lowest BCUT2D eigenvalue weighted by Gasteiger charge is -2.40. The molecule has 4 aromatic rings. The summed E-state index contributed by atoms with van der Waals surface area (Å²) in [4.78, 5) is 49.3. The summed E-state index contributed by atoms with van der Waals surface area (Å²) in [6.07, 6.45) is 4.97. The first-order valence-electron chi connectivity index (χ1n) is 14.5. The third-order valence-electron chi connectivity index (χ3n) is 8.38. The largest absolute Gasteiger partial charge is 0.355 e. The summed E-state index contributed by atoms with van der Waals surface area (Å²) in [5.41, 5.74) is 6.97. The van der Waals surface area contributed by atoms with Gasteiger partial charge in [-0.15, -0.1) is 0 Å². The molecule has 0 unspecified atom stereocenters. The highest BCUT2D eigenvalue weighted by Gasteiger charge is 2.31. The number of amides is 1. The molecule has 1 saturated heterocycles. The number of anilines is 1. The van der Waals surface area contributed by atoms with Crippen molar-refractivity contribution >= 4 is 40.6 Å². The van der Waals surface area contributed by atoms with Crippen molar-refractivity contribution in [1.82, 2.24) is 24.4 Å². The van der Waals surface area contributed by atoms with E-state index < -0.39 is 5.69 Å². The fourth-order valence-corrected chi connectivity index (χ4v) is 6.44. The molecule has 10 heteroatoms. The van der Waals surface area contributed by atoms with Gasteiger partial charge in [-0.05, 0) is 61.6 Å². The second-order valence-corrected chi connectivity index (χ2v) is 12.0. The summed E-state index contributed by atoms with van der Waals surface area (Å²) in [5.74, 6) is 0.436. The van der Waals surface area contributed by atoms with Crippen LogP contribution in [0.4, 0.5) is 5.82 Å². The molecule has 0 N–H and O–H groups in total. The molecule has 5 heterocycles. The van der Waals surface area contributed by atoms with E-state index in [1.165, 1.54) is 6.08 Å². The lowest BCUT2D eigenvalue weighted by molar-refractivity contribution is -0.126. The first-order chi connectivity index (χ1) is 20.6. The Morgan fingerprint density at radius 1 is 1.14 bits per heavy atom. The molecule has 0 spiro atoms. The van der Waals surface area contributed by atoms with E-state index in [9.17, 15) is 9.59 Å². The summed E-state index contributed by atoms with van der Waals surface area (Å²) in [6, 6.07) is 7.80. The fraction of sp³-hybridized carbons (Fsp3) is 0.333. The second kappa shape index (κ2) is 11.0. The number of halogens is 1. The van der Waals surface area contributed by atoms with E-state index in [0.29, 0.717) is 59.4 Å². The van der Waals surface area contributed by atoms with E-state index in [1.54, 1.807) is 15.7 Å². The number of hydrogen-bond donors (Lipinski definition) is 0. The Bertz CT molecular complexity index is 1900. The Morgan fingerprint density at radius 2 is 1.93 bits per heavy atom. The molecular weight excluding hydrogens is 562 g/mol. The number of carbonyl (C=O) groups excluding carboxylic acids is 1. The number of rotatable bonds is 5. The predicted molar refractivity (Wildman–Crippen MR) is 172 cm³/mol. The Balaban J connectivity index is 1.66. The summed E-state index contributed by atoms with van der Waals surface area (Å²) < 4.78 is 1.59. The molecule has 1 fully saturated rings. The zero-order valence-corrected chi connectivity index (χ0v) is 25.8. The highest BCUT2D eigenvalue weighted by molar-refractivity contribution is 6.34. The van der Waals surface area contributed by atoms with Crippen LogP contribution in [-0.4, -0.2) is 62.2 Å². The van der Waals surface area contributed by atoms with Crippen molar-refractivity contribution in [2.45, 2.75) is 53.1 Å². The molecule has 2 aliphatic heterocycles. The van der Waals surface area contributed by atoms with Gasteiger partial charge in [-0.1, -0.05) is 44.2 Å². The first kappa shape index (κ1) is 28.7. The molecule has 6 rings (SSSR count). The zero-order chi connectivity index (χ0) is 30.6. The maximum atomic E-state index is 14.2. The van der Waals surface area contributed by atoms with Gasteiger partial charge in [0, 0.05) is 49.2 Å². The molecule has 1 aromatic carbocycles. The number of carbonyl (C=O) groups is 1. The van der Waals surface area contributed by atoms with E-state index in [-0.39, 0.29) is 17.9 Å². The maximum absolute atomic E-state index is 14.2. The average Bonchev–Trinajstić information content (AvgIpc) is 3.46. The van der Waals surface area contributed by atoms with Crippen LogP contribution in [0.1, 0.15) is 54.6 Å². The first-order valence-corrected chi connectivity index (χ1v) is 14.9. The van der Waals surface area contributed by atoms with E-state index in [0.717, 1.165) is 33.5 Å². The maximum Gasteiger partial charge on any atom is 0.355 e. The topological polar surface area (TPSA) is 96.6 Å². The van der Waals surface area contributed by atoms with E-state index in [1.807, 2.05) is 39.1 Å². The van der Waals surface area contributed by atoms with Crippen molar-refractivity contribution in [2.24, 2.45) is 4.99 Å². The number of aromatic nitrogens is 4. The SMILES string of the molecule is C=CC(=O)N1CCN(c2nc(=O)n(-c3c(C)ccnc3C(C)C)c3nc(-c4c(C)ccc5c4C=NC5)c(Cl)cc23)[C@@H](C)C1. The van der Waals surface area contributed by atoms with Crippen molar-refractivity contribution in [3.63, 3.8) is 0 Å². The van der Waals surface area contributed by atoms with Gasteiger partial charge in [-0.25, -0.2) is 14.3 Å². The second-order valence-electron chi connectivity index (χ2n) is 11.6. The average molecular weight is 596 g/mol. The molecule has 220 valence electrons. The van der Waals surface area contributed by atoms with Crippen LogP contribution >= 0.6 is 11.6 Å². The number of hydrogen-bond acceptors (Lipinski definition) is 7. The standard InChI is InChI=1S/C33H34ClN7O2/c1-7-26(42)39-12-13-40(21(6)17-39)31-23-14-25(34)29(27-19(4)8-9-22-15-35-16-24(22)27)37-32(23)41(33(43)38-31)30-20(5)10-11-36-28(30)18(2)3/h7-11,14,16,18,21H,1,12-13,15,17H2,2-6H3/t21-/m0/s1. The van der Waals surface area contributed by atoms with Crippen molar-refractivity contribution in [2.75, 3.05) is 24.5 Å². The number of aliphatic imine (C=N–C) groups is 1. The van der Waals surface area contributed by atoms with Crippen LogP contribution < -0.4 is 10.6 Å². The van der Waals surface area contributed by atoms with E-state index >= 15 is 0 Å². The Hall–Kier alpha value is -4.37. The van der Waals surface area contributed by atoms with Crippen LogP contribution in [0.3, 0.4) is 0 Å². The van der Waals surface area contributed by atoms with Gasteiger partial charge in [0.05, 0.1) is 34.0 Å². The molecule has 9 nitrogen and oxygen atoms in total. The van der Waals surface area contributed by atoms with Crippen LogP contribution in [0.5, 0.6) is 0 Å². The number of pyridine rings is 2. The number of piperazine rings is 1. The van der Waals surface area contributed by atoms with Gasteiger partial charge in [-0.3, -0.25) is 14.8 Å². The van der Waals surface area contributed by atoms with Crippen molar-refractivity contribution in [3.8, 4) is 16.9 Å². The van der Waals surface area contributed by atoms with Gasteiger partial charge >= 0.3 is 5.69 Å². The van der Waals surface area contributed by atoms with Gasteiger partial charge in [0.2, 0.25) is 5.91 Å². The number of benzene rings is 1. The molecule has 0 saturated carbocycles. The molecule has 0 aliphatic carbocycles. The smallest absolute Gasteiger partial charge is 0.350 e. The molecule has 1 atom stereocenters. The zero-order valence-electron chi connectivity index (χ0n) is 25.1. The molecule has 2 aliphatic rings. The fourth-order valence-electron chi connectivity index (χ4n) is 6.19. The van der Waals surface area contributed by atoms with Crippen LogP contribution in [0.15, 0.2) is 52.9 Å². The molecular formula is C33H34ClN7O2. The third kappa shape index (κ3) is 4.81. The quantitative estimate of drug-likeness (QED) is 0.287. The molecule has 0 bridgehead atoms. The highest BCUT2D eigenvalue weighted by Crippen LogP contribution is 2.39. The van der Waals surface area contributed by atoms with Crippen molar-refractivity contribution in [1.29, 1.82) is 0 Å². The predicted octanol–water partition coefficient (Wildman–Crippen LogP) is 5.39. The van der Waals surface area contributed by atoms with Gasteiger partial charge in [-0.2, -0.15) is 4.98 Å². The molecule has 1 amide bonds. The lowest BCUT2D eigenvalue weighted by atomic mass is 9.95. The Morgan fingerprint density at radius 3 is 2.65 bits per heavy atom.